The third kappa shape index (κ3) is 3.82. The van der Waals surface area contributed by atoms with Crippen molar-refractivity contribution in [1.29, 1.82) is 0 Å². The summed E-state index contributed by atoms with van der Waals surface area (Å²) in [4.78, 5) is 13.0. The molecule has 154 valence electrons. The average Bonchev–Trinajstić information content (AvgIpc) is 3.49. The van der Waals surface area contributed by atoms with E-state index < -0.39 is 7.12 Å². The van der Waals surface area contributed by atoms with Crippen molar-refractivity contribution in [3.63, 3.8) is 0 Å². The second-order valence-corrected chi connectivity index (χ2v) is 8.38. The number of aliphatic hydroxyl groups excluding tert-OH is 1. The van der Waals surface area contributed by atoms with Gasteiger partial charge in [-0.1, -0.05) is 18.2 Å². The summed E-state index contributed by atoms with van der Waals surface area (Å²) in [5.74, 6) is -0.476. The van der Waals surface area contributed by atoms with E-state index in [9.17, 15) is 9.90 Å². The van der Waals surface area contributed by atoms with Crippen molar-refractivity contribution in [2.24, 2.45) is 11.8 Å². The van der Waals surface area contributed by atoms with Crippen LogP contribution in [0.25, 0.3) is 11.0 Å². The molecule has 0 saturated carbocycles. The summed E-state index contributed by atoms with van der Waals surface area (Å²) in [5, 5.41) is 13.5. The molecule has 2 N–H and O–H groups in total. The Morgan fingerprint density at radius 1 is 1.24 bits per heavy atom. The number of nitrogens with one attached hydrogen (secondary N) is 1. The SMILES string of the molecule is O=C(N[C@@H](Cc1coc2ccccc12)B1OCC(CO)CO1)[C@@H]1C[C@H]2CC[C@@H]1O2. The van der Waals surface area contributed by atoms with Crippen LogP contribution in [0.5, 0.6) is 0 Å². The third-order valence-electron chi connectivity index (χ3n) is 6.35. The Kier molecular flexibility index (Phi) is 5.34. The largest absolute Gasteiger partial charge is 0.481 e. The first kappa shape index (κ1) is 19.1. The molecule has 1 aromatic carbocycles. The number of carbonyl (C=O) groups excluding carboxylic acids is 1. The van der Waals surface area contributed by atoms with Crippen LogP contribution in [-0.4, -0.2) is 56.1 Å². The number of amides is 1. The van der Waals surface area contributed by atoms with Crippen molar-refractivity contribution >= 4 is 24.0 Å². The van der Waals surface area contributed by atoms with Gasteiger partial charge in [-0.2, -0.15) is 0 Å². The molecule has 8 heteroatoms. The van der Waals surface area contributed by atoms with Crippen LogP contribution in [0.15, 0.2) is 34.9 Å². The number of hydrogen-bond acceptors (Lipinski definition) is 6. The van der Waals surface area contributed by atoms with Gasteiger partial charge in [0.15, 0.2) is 0 Å². The maximum Gasteiger partial charge on any atom is 0.481 e. The minimum Gasteiger partial charge on any atom is -0.464 e. The zero-order valence-corrected chi connectivity index (χ0v) is 16.3. The maximum absolute atomic E-state index is 13.0. The Morgan fingerprint density at radius 3 is 2.79 bits per heavy atom. The van der Waals surface area contributed by atoms with Gasteiger partial charge in [-0.3, -0.25) is 4.79 Å². The molecule has 2 aromatic rings. The second-order valence-electron chi connectivity index (χ2n) is 8.38. The Labute approximate surface area is 169 Å². The lowest BCUT2D eigenvalue weighted by molar-refractivity contribution is -0.127. The number of furan rings is 1. The molecule has 0 unspecified atom stereocenters. The first-order chi connectivity index (χ1) is 14.2. The standard InChI is InChI=1S/C21H26BNO6/c24-9-13-10-27-22(28-11-13)20(7-14-12-26-18-4-2-1-3-16(14)18)23-21(25)17-8-15-5-6-19(17)29-15/h1-4,12-13,15,17,19-20,24H,5-11H2,(H,23,25)/t15-,17-,19+,20+/m1/s1. The molecule has 1 aromatic heterocycles. The summed E-state index contributed by atoms with van der Waals surface area (Å²) in [7, 11) is -0.560. The number of ether oxygens (including phenoxy) is 1. The highest BCUT2D eigenvalue weighted by molar-refractivity contribution is 6.47. The molecule has 7 nitrogen and oxygen atoms in total. The van der Waals surface area contributed by atoms with Crippen LogP contribution in [0, 0.1) is 11.8 Å². The van der Waals surface area contributed by atoms with E-state index >= 15 is 0 Å². The minimum atomic E-state index is -0.560. The van der Waals surface area contributed by atoms with Crippen LogP contribution in [0.2, 0.25) is 0 Å². The monoisotopic (exact) mass is 399 g/mol. The molecular weight excluding hydrogens is 373 g/mol. The number of carbonyl (C=O) groups is 1. The number of hydrogen-bond donors (Lipinski definition) is 2. The van der Waals surface area contributed by atoms with E-state index in [0.29, 0.717) is 19.6 Å². The molecule has 4 atom stereocenters. The Bertz CT molecular complexity index is 864. The molecule has 0 radical (unpaired) electrons. The highest BCUT2D eigenvalue weighted by Gasteiger charge is 2.46. The van der Waals surface area contributed by atoms with Crippen LogP contribution in [-0.2, 0) is 25.3 Å². The third-order valence-corrected chi connectivity index (χ3v) is 6.35. The van der Waals surface area contributed by atoms with Crippen molar-refractivity contribution in [2.75, 3.05) is 19.8 Å². The van der Waals surface area contributed by atoms with Gasteiger partial charge in [0.05, 0.1) is 36.9 Å². The number of aliphatic hydroxyl groups is 1. The zero-order chi connectivity index (χ0) is 19.8. The van der Waals surface area contributed by atoms with E-state index in [4.69, 9.17) is 18.5 Å². The lowest BCUT2D eigenvalue weighted by atomic mass is 9.73. The summed E-state index contributed by atoms with van der Waals surface area (Å²) in [6, 6.07) is 7.85. The molecule has 3 aliphatic heterocycles. The van der Waals surface area contributed by atoms with Crippen molar-refractivity contribution in [3.8, 4) is 0 Å². The minimum absolute atomic E-state index is 0.00600. The zero-order valence-electron chi connectivity index (χ0n) is 16.3. The average molecular weight is 399 g/mol. The lowest BCUT2D eigenvalue weighted by Crippen LogP contribution is -2.55. The fraction of sp³-hybridized carbons (Fsp3) is 0.571. The topological polar surface area (TPSA) is 90.2 Å². The van der Waals surface area contributed by atoms with E-state index in [1.807, 2.05) is 24.3 Å². The molecule has 3 saturated heterocycles. The van der Waals surface area contributed by atoms with Crippen molar-refractivity contribution in [3.05, 3.63) is 36.1 Å². The number of rotatable bonds is 6. The predicted molar refractivity (Wildman–Crippen MR) is 106 cm³/mol. The Hall–Kier alpha value is -1.87. The number of fused-ring (bicyclic) bond motifs is 3. The van der Waals surface area contributed by atoms with E-state index in [1.165, 1.54) is 0 Å². The van der Waals surface area contributed by atoms with Gasteiger partial charge in [-0.15, -0.1) is 0 Å². The van der Waals surface area contributed by atoms with E-state index in [1.54, 1.807) is 6.26 Å². The van der Waals surface area contributed by atoms with Crippen molar-refractivity contribution in [1.82, 2.24) is 5.32 Å². The highest BCUT2D eigenvalue weighted by atomic mass is 16.6. The fourth-order valence-electron chi connectivity index (χ4n) is 4.74. The van der Waals surface area contributed by atoms with Crippen LogP contribution >= 0.6 is 0 Å². The first-order valence-electron chi connectivity index (χ1n) is 10.5. The van der Waals surface area contributed by atoms with Gasteiger partial charge in [-0.05, 0) is 37.3 Å². The molecule has 29 heavy (non-hydrogen) atoms. The Balaban J connectivity index is 1.33. The molecule has 2 bridgehead atoms. The van der Waals surface area contributed by atoms with Crippen molar-refractivity contribution < 1.29 is 28.4 Å². The molecular formula is C21H26BNO6. The van der Waals surface area contributed by atoms with E-state index in [2.05, 4.69) is 5.32 Å². The maximum atomic E-state index is 13.0. The summed E-state index contributed by atoms with van der Waals surface area (Å²) >= 11 is 0. The van der Waals surface area contributed by atoms with Gasteiger partial charge >= 0.3 is 7.12 Å². The molecule has 1 amide bonds. The normalized spacial score (nSPS) is 28.2. The van der Waals surface area contributed by atoms with Gasteiger partial charge in [-0.25, -0.2) is 0 Å². The molecule has 0 spiro atoms. The van der Waals surface area contributed by atoms with Crippen LogP contribution in [0.3, 0.4) is 0 Å². The fourth-order valence-corrected chi connectivity index (χ4v) is 4.74. The van der Waals surface area contributed by atoms with Gasteiger partial charge in [0.1, 0.15) is 5.58 Å². The molecule has 0 aliphatic carbocycles. The van der Waals surface area contributed by atoms with E-state index in [0.717, 1.165) is 35.8 Å². The van der Waals surface area contributed by atoms with Crippen LogP contribution in [0.1, 0.15) is 24.8 Å². The first-order valence-corrected chi connectivity index (χ1v) is 10.5. The molecule has 3 aliphatic rings. The number of benzene rings is 1. The molecule has 3 fully saturated rings. The lowest BCUT2D eigenvalue weighted by Gasteiger charge is -2.32. The summed E-state index contributed by atoms with van der Waals surface area (Å²) in [5.41, 5.74) is 1.83. The quantitative estimate of drug-likeness (QED) is 0.719. The smallest absolute Gasteiger partial charge is 0.464 e. The van der Waals surface area contributed by atoms with Gasteiger partial charge in [0, 0.05) is 24.5 Å². The summed E-state index contributed by atoms with van der Waals surface area (Å²) in [6.45, 7) is 0.854. The van der Waals surface area contributed by atoms with Gasteiger partial charge in [0.25, 0.3) is 0 Å². The van der Waals surface area contributed by atoms with E-state index in [-0.39, 0.29) is 42.5 Å². The number of para-hydroxylation sites is 1. The second kappa shape index (κ2) is 8.10. The summed E-state index contributed by atoms with van der Waals surface area (Å²) < 4.78 is 23.3. The molecule has 4 heterocycles. The Morgan fingerprint density at radius 2 is 2.07 bits per heavy atom. The van der Waals surface area contributed by atoms with Crippen LogP contribution < -0.4 is 5.32 Å². The highest BCUT2D eigenvalue weighted by Crippen LogP contribution is 2.39. The predicted octanol–water partition coefficient (Wildman–Crippen LogP) is 1.71. The van der Waals surface area contributed by atoms with Crippen molar-refractivity contribution in [2.45, 2.75) is 43.8 Å². The molecule has 5 rings (SSSR count). The van der Waals surface area contributed by atoms with Gasteiger partial charge in [0.2, 0.25) is 5.91 Å². The van der Waals surface area contributed by atoms with Gasteiger partial charge < -0.3 is 28.9 Å². The summed E-state index contributed by atoms with van der Waals surface area (Å²) in [6.07, 6.45) is 5.33. The van der Waals surface area contributed by atoms with Crippen LogP contribution in [0.4, 0.5) is 0 Å².